The van der Waals surface area contributed by atoms with Gasteiger partial charge in [0.2, 0.25) is 0 Å². The summed E-state index contributed by atoms with van der Waals surface area (Å²) in [7, 11) is 1.46. The Bertz CT molecular complexity index is 418. The molecule has 1 N–H and O–H groups in total. The second-order valence-corrected chi connectivity index (χ2v) is 6.77. The van der Waals surface area contributed by atoms with E-state index in [0.29, 0.717) is 12.5 Å². The van der Waals surface area contributed by atoms with E-state index in [4.69, 9.17) is 14.5 Å². The van der Waals surface area contributed by atoms with Gasteiger partial charge in [-0.2, -0.15) is 0 Å². The van der Waals surface area contributed by atoms with E-state index in [1.807, 2.05) is 6.92 Å². The molecule has 148 valence electrons. The molecule has 1 fully saturated rings. The summed E-state index contributed by atoms with van der Waals surface area (Å²) in [6.07, 6.45) is 1.14. The van der Waals surface area contributed by atoms with Crippen LogP contribution < -0.4 is 5.32 Å². The van der Waals surface area contributed by atoms with E-state index in [9.17, 15) is 4.79 Å². The van der Waals surface area contributed by atoms with Gasteiger partial charge in [-0.15, -0.1) is 24.0 Å². The van der Waals surface area contributed by atoms with E-state index in [1.165, 1.54) is 7.11 Å². The highest BCUT2D eigenvalue weighted by Crippen LogP contribution is 2.24. The van der Waals surface area contributed by atoms with E-state index in [1.54, 1.807) is 0 Å². The monoisotopic (exact) mass is 469 g/mol. The number of carbonyl (C=O) groups excluding carboxylic acids is 1. The first-order chi connectivity index (χ1) is 11.4. The molecule has 25 heavy (non-hydrogen) atoms. The smallest absolute Gasteiger partial charge is 0.310 e. The highest BCUT2D eigenvalue weighted by Gasteiger charge is 2.36. The van der Waals surface area contributed by atoms with Crippen molar-refractivity contribution in [3.8, 4) is 0 Å². The molecule has 3 unspecified atom stereocenters. The van der Waals surface area contributed by atoms with E-state index in [-0.39, 0.29) is 47.9 Å². The molecule has 0 aromatic heterocycles. The van der Waals surface area contributed by atoms with Crippen molar-refractivity contribution in [2.24, 2.45) is 22.7 Å². The van der Waals surface area contributed by atoms with Gasteiger partial charge in [-0.05, 0) is 32.1 Å². The third-order valence-corrected chi connectivity index (χ3v) is 4.55. The second kappa shape index (κ2) is 12.7. The zero-order chi connectivity index (χ0) is 18.1. The third-order valence-electron chi connectivity index (χ3n) is 4.55. The summed E-state index contributed by atoms with van der Waals surface area (Å²) in [5.41, 5.74) is 0. The molecule has 1 aliphatic rings. The van der Waals surface area contributed by atoms with Gasteiger partial charge in [0, 0.05) is 32.8 Å². The molecule has 0 aromatic rings. The average molecular weight is 469 g/mol. The van der Waals surface area contributed by atoms with Crippen LogP contribution in [-0.4, -0.2) is 62.8 Å². The summed E-state index contributed by atoms with van der Waals surface area (Å²) < 4.78 is 10.7. The second-order valence-electron chi connectivity index (χ2n) is 6.77. The lowest BCUT2D eigenvalue weighted by molar-refractivity contribution is -0.145. The summed E-state index contributed by atoms with van der Waals surface area (Å²) in [5, 5.41) is 3.34. The number of hydrogen-bond acceptors (Lipinski definition) is 4. The number of nitrogens with one attached hydrogen (secondary N) is 1. The third kappa shape index (κ3) is 7.68. The summed E-state index contributed by atoms with van der Waals surface area (Å²) in [5.74, 6) is 1.43. The van der Waals surface area contributed by atoms with Crippen LogP contribution in [0, 0.1) is 17.8 Å². The minimum Gasteiger partial charge on any atom is -0.469 e. The van der Waals surface area contributed by atoms with Crippen LogP contribution in [0.1, 0.15) is 41.0 Å². The number of likely N-dealkylation sites (tertiary alicyclic amines) is 1. The van der Waals surface area contributed by atoms with Gasteiger partial charge in [0.25, 0.3) is 0 Å². The van der Waals surface area contributed by atoms with Crippen LogP contribution in [0.4, 0.5) is 0 Å². The molecule has 1 saturated heterocycles. The number of ether oxygens (including phenoxy) is 2. The maximum absolute atomic E-state index is 11.9. The highest BCUT2D eigenvalue weighted by atomic mass is 127. The predicted molar refractivity (Wildman–Crippen MR) is 113 cm³/mol. The molecule has 0 aliphatic carbocycles. The van der Waals surface area contributed by atoms with Crippen LogP contribution in [0.25, 0.3) is 0 Å². The number of nitrogens with zero attached hydrogens (tertiary/aromatic N) is 2. The number of aliphatic imine (C=N–C) groups is 1. The number of methoxy groups -OCH3 is 1. The zero-order valence-corrected chi connectivity index (χ0v) is 18.9. The molecule has 0 radical (unpaired) electrons. The van der Waals surface area contributed by atoms with E-state index >= 15 is 0 Å². The fourth-order valence-electron chi connectivity index (χ4n) is 3.14. The molecule has 1 rings (SSSR count). The molecule has 0 spiro atoms. The van der Waals surface area contributed by atoms with Crippen molar-refractivity contribution in [3.05, 3.63) is 0 Å². The Morgan fingerprint density at radius 3 is 2.52 bits per heavy atom. The normalized spacial score (nSPS) is 21.9. The number of hydrogen-bond donors (Lipinski definition) is 1. The minimum atomic E-state index is -0.128. The molecule has 0 aromatic carbocycles. The summed E-state index contributed by atoms with van der Waals surface area (Å²) in [4.78, 5) is 18.8. The number of rotatable bonds is 8. The number of carbonyl (C=O) groups is 1. The molecular weight excluding hydrogens is 433 g/mol. The van der Waals surface area contributed by atoms with Crippen LogP contribution in [0.15, 0.2) is 4.99 Å². The zero-order valence-electron chi connectivity index (χ0n) is 16.6. The van der Waals surface area contributed by atoms with Crippen molar-refractivity contribution in [2.45, 2.75) is 47.1 Å². The van der Waals surface area contributed by atoms with Crippen molar-refractivity contribution < 1.29 is 14.3 Å². The lowest BCUT2D eigenvalue weighted by Crippen LogP contribution is -2.41. The standard InChI is InChI=1S/C18H35N3O3.HI/c1-7-19-18(20-10-9-16(13(3)4)24-8-2)21-11-14(5)15(12-21)17(22)23-6;/h13-16H,7-12H2,1-6H3,(H,19,20);1H. The van der Waals surface area contributed by atoms with E-state index in [0.717, 1.165) is 38.6 Å². The topological polar surface area (TPSA) is 63.2 Å². The van der Waals surface area contributed by atoms with Crippen molar-refractivity contribution in [1.29, 1.82) is 0 Å². The summed E-state index contributed by atoms with van der Waals surface area (Å²) in [6, 6.07) is 0. The first-order valence-corrected chi connectivity index (χ1v) is 9.17. The fourth-order valence-corrected chi connectivity index (χ4v) is 3.14. The first-order valence-electron chi connectivity index (χ1n) is 9.17. The lowest BCUT2D eigenvalue weighted by atomic mass is 9.99. The summed E-state index contributed by atoms with van der Waals surface area (Å²) >= 11 is 0. The van der Waals surface area contributed by atoms with Gasteiger partial charge < -0.3 is 19.7 Å². The first kappa shape index (κ1) is 24.4. The fraction of sp³-hybridized carbons (Fsp3) is 0.889. The van der Waals surface area contributed by atoms with Crippen molar-refractivity contribution in [2.75, 3.05) is 39.9 Å². The number of esters is 1. The number of halogens is 1. The van der Waals surface area contributed by atoms with Crippen LogP contribution in [0.3, 0.4) is 0 Å². The van der Waals surface area contributed by atoms with Gasteiger partial charge in [0.05, 0.1) is 19.1 Å². The van der Waals surface area contributed by atoms with Gasteiger partial charge in [-0.1, -0.05) is 20.8 Å². The van der Waals surface area contributed by atoms with Gasteiger partial charge in [0.15, 0.2) is 5.96 Å². The van der Waals surface area contributed by atoms with Crippen molar-refractivity contribution in [3.63, 3.8) is 0 Å². The Labute approximate surface area is 170 Å². The maximum Gasteiger partial charge on any atom is 0.310 e. The number of guanidine groups is 1. The molecule has 1 heterocycles. The maximum atomic E-state index is 11.9. The van der Waals surface area contributed by atoms with E-state index < -0.39 is 0 Å². The SMILES string of the molecule is CCNC(=NCCC(OCC)C(C)C)N1CC(C)C(C(=O)OC)C1.I. The molecule has 7 heteroatoms. The largest absolute Gasteiger partial charge is 0.469 e. The van der Waals surface area contributed by atoms with E-state index in [2.05, 4.69) is 37.9 Å². The average Bonchev–Trinajstić information content (AvgIpc) is 2.94. The molecular formula is C18H36IN3O3. The van der Waals surface area contributed by atoms with Crippen LogP contribution in [0.5, 0.6) is 0 Å². The Morgan fingerprint density at radius 2 is 2.00 bits per heavy atom. The van der Waals surface area contributed by atoms with Crippen molar-refractivity contribution in [1.82, 2.24) is 10.2 Å². The van der Waals surface area contributed by atoms with Crippen molar-refractivity contribution >= 4 is 35.9 Å². The summed E-state index contributed by atoms with van der Waals surface area (Å²) in [6.45, 7) is 14.3. The quantitative estimate of drug-likeness (QED) is 0.257. The van der Waals surface area contributed by atoms with Crippen LogP contribution in [0.2, 0.25) is 0 Å². The predicted octanol–water partition coefficient (Wildman–Crippen LogP) is 2.76. The van der Waals surface area contributed by atoms with Crippen LogP contribution >= 0.6 is 24.0 Å². The Morgan fingerprint density at radius 1 is 1.32 bits per heavy atom. The minimum absolute atomic E-state index is 0. The van der Waals surface area contributed by atoms with Gasteiger partial charge in [-0.25, -0.2) is 0 Å². The molecule has 1 aliphatic heterocycles. The Hall–Kier alpha value is -0.570. The molecule has 0 bridgehead atoms. The van der Waals surface area contributed by atoms with Gasteiger partial charge >= 0.3 is 5.97 Å². The Kier molecular flexibility index (Phi) is 12.4. The molecule has 0 amide bonds. The van der Waals surface area contributed by atoms with Gasteiger partial charge in [0.1, 0.15) is 0 Å². The van der Waals surface area contributed by atoms with Crippen LogP contribution in [-0.2, 0) is 14.3 Å². The molecule has 3 atom stereocenters. The lowest BCUT2D eigenvalue weighted by Gasteiger charge is -2.23. The molecule has 6 nitrogen and oxygen atoms in total. The Balaban J connectivity index is 0.00000576. The van der Waals surface area contributed by atoms with Gasteiger partial charge in [-0.3, -0.25) is 9.79 Å². The highest BCUT2D eigenvalue weighted by molar-refractivity contribution is 14.0. The molecule has 0 saturated carbocycles.